The number of aromatic nitrogens is 8. The number of hydrogen-bond donors (Lipinski definition) is 4. The van der Waals surface area contributed by atoms with Gasteiger partial charge in [0, 0.05) is 138 Å². The van der Waals surface area contributed by atoms with Gasteiger partial charge in [0.15, 0.2) is 5.78 Å². The van der Waals surface area contributed by atoms with Crippen LogP contribution in [0.25, 0.3) is 32.7 Å². The van der Waals surface area contributed by atoms with E-state index >= 15 is 0 Å². The van der Waals surface area contributed by atoms with Crippen LogP contribution in [0.1, 0.15) is 270 Å². The molecule has 8 aromatic heterocycles. The van der Waals surface area contributed by atoms with Crippen LogP contribution in [0.2, 0.25) is 13.3 Å². The van der Waals surface area contributed by atoms with Crippen molar-refractivity contribution >= 4 is 108 Å². The number of aliphatic hydroxyl groups is 1. The van der Waals surface area contributed by atoms with E-state index in [1.807, 2.05) is 165 Å². The first-order valence-corrected chi connectivity index (χ1v) is 54.3. The topological polar surface area (TPSA) is 333 Å². The molecule has 9 heterocycles. The molecule has 0 saturated carbocycles. The molecular formula is C103H140BrF4N9O15PtSn. The van der Waals surface area contributed by atoms with E-state index in [9.17, 15) is 46.3 Å². The molecule has 24 nitrogen and oxygen atoms in total. The number of nitrogens with zero attached hydrogens (tertiary/aromatic N) is 7. The molecule has 736 valence electrons. The fourth-order valence-corrected chi connectivity index (χ4v) is 30.0. The van der Waals surface area contributed by atoms with Gasteiger partial charge in [0.05, 0.1) is 50.2 Å². The third-order valence-corrected chi connectivity index (χ3v) is 37.2. The second kappa shape index (κ2) is 64.6. The number of halogens is 5. The number of Topliss-reactive ketones (excluding diaryl/α,β-unsaturated/α-hetero) is 3. The number of piperidine rings is 1. The van der Waals surface area contributed by atoms with Crippen molar-refractivity contribution < 1.29 is 106 Å². The molecule has 5 atom stereocenters. The molecule has 4 unspecified atom stereocenters. The number of aliphatic carboxylic acids is 1. The second-order valence-electron chi connectivity index (χ2n) is 32.1. The van der Waals surface area contributed by atoms with Gasteiger partial charge in [-0.2, -0.15) is 0 Å². The Morgan fingerprint density at radius 2 is 0.933 bits per heavy atom. The summed E-state index contributed by atoms with van der Waals surface area (Å²) in [6, 6.07) is 44.2. The van der Waals surface area contributed by atoms with Gasteiger partial charge in [0.25, 0.3) is 17.5 Å². The minimum absolute atomic E-state index is 0. The third-order valence-electron chi connectivity index (χ3n) is 21.6. The molecule has 4 N–H and O–H groups in total. The number of hydrogen-bond acceptors (Lipinski definition) is 20. The molecule has 1 saturated heterocycles. The first-order chi connectivity index (χ1) is 63.0. The van der Waals surface area contributed by atoms with Crippen molar-refractivity contribution in [3.63, 3.8) is 0 Å². The number of fused-ring (bicyclic) bond motifs is 3. The van der Waals surface area contributed by atoms with Crippen LogP contribution in [0.3, 0.4) is 0 Å². The van der Waals surface area contributed by atoms with Crippen molar-refractivity contribution in [2.75, 3.05) is 34.5 Å². The normalized spacial score (nSPS) is 12.8. The zero-order chi connectivity index (χ0) is 100. The standard InChI is InChI=1S/C19H26N2O2.C19H20N2O2.C11H11NO2.C9H13N.C8H11NO.C8H9NO.C6H6BrN.C4H2F4O2.C4H7O.3C4H9.C2H4O2.CH4.2O.Pt.Sn/c2*1-12-11-15(9-10-20-12)13(2)21-14(3)18(19(22)23-4)16-7-5-6-8-17(16)21;1-7-10(11(13)14-2)8-5-3-4-6-9(8)12-7;1-7(2)9-4-5-10-8(3)6-9;2*1-6-5-8(7(2)10)3-4-9-6;1-5-4-6(7)2-3-8-5;5-3(6)1(9)2(10)4(7)8;1-3-5-4-2;3*1-3-4-2;1-2(3)4;;;;;/h5-8,12-13,15,20H,9-11H2,1-4H3;5-11,13H,1-4H3;3-6,12H,1-2H3;4-7H,1-3H3;3-5,7,10H,1-2H3;3-5H,1-2H3;2-4H,1H3;3-4H;1,4H2,2H3;3*1,3-4H2,2H3;1H3,(H,3,4);1H4;;;;/t;;;;7-;;;;;;;;;;;;;/m....0............./s1. The van der Waals surface area contributed by atoms with E-state index < -0.39 is 67.3 Å². The molecule has 1 fully saturated rings. The Morgan fingerprint density at radius 1 is 0.552 bits per heavy atom. The number of ether oxygens (including phenoxy) is 4. The number of aromatic amines is 1. The van der Waals surface area contributed by atoms with Gasteiger partial charge in [-0.15, -0.1) is 0 Å². The number of esters is 3. The second-order valence-corrected chi connectivity index (χ2v) is 46.6. The number of para-hydroxylation sites is 3. The number of aryl methyl sites for hydroxylation is 6. The van der Waals surface area contributed by atoms with Crippen molar-refractivity contribution in [3.05, 3.63) is 264 Å². The Bertz CT molecular complexity index is 5410. The van der Waals surface area contributed by atoms with Crippen LogP contribution in [0.4, 0.5) is 17.6 Å². The van der Waals surface area contributed by atoms with Crippen LogP contribution in [-0.2, 0) is 58.6 Å². The molecule has 31 heteroatoms. The van der Waals surface area contributed by atoms with Crippen molar-refractivity contribution in [2.24, 2.45) is 5.92 Å². The fraction of sp³-hybridized carbons (Fsp3) is 0.437. The van der Waals surface area contributed by atoms with E-state index in [1.165, 1.54) is 95.3 Å². The van der Waals surface area contributed by atoms with Crippen LogP contribution in [0.5, 0.6) is 0 Å². The van der Waals surface area contributed by atoms with Gasteiger partial charge >= 0.3 is 176 Å². The molecule has 3 aromatic carbocycles. The van der Waals surface area contributed by atoms with Gasteiger partial charge < -0.3 is 43.9 Å². The number of carbonyl (C=O) groups is 7. The van der Waals surface area contributed by atoms with Gasteiger partial charge in [-0.3, -0.25) is 44.1 Å². The van der Waals surface area contributed by atoms with Crippen LogP contribution in [0.15, 0.2) is 179 Å². The number of benzene rings is 3. The molecule has 11 aromatic rings. The van der Waals surface area contributed by atoms with Crippen LogP contribution < -0.4 is 5.32 Å². The summed E-state index contributed by atoms with van der Waals surface area (Å²) in [5.41, 5.74) is 17.0. The summed E-state index contributed by atoms with van der Waals surface area (Å²) < 4.78 is 93.4. The van der Waals surface area contributed by atoms with Crippen molar-refractivity contribution in [1.82, 2.24) is 44.4 Å². The Balaban J connectivity index is 0.000000763. The summed E-state index contributed by atoms with van der Waals surface area (Å²) in [4.78, 5) is 98.7. The summed E-state index contributed by atoms with van der Waals surface area (Å²) >= 11 is -0.838. The molecule has 134 heavy (non-hydrogen) atoms. The van der Waals surface area contributed by atoms with E-state index in [1.54, 1.807) is 44.6 Å². The van der Waals surface area contributed by atoms with Gasteiger partial charge in [-0.1, -0.05) is 91.8 Å². The SMILES string of the molecule is C.C=[C](OCC)[Sn]([CH2]CCC)([CH2]CCC)[CH2]CCC.CC(=O)O.CC(=O)c1ccnc(C)c1.COC(=O)c1c(C)[nH]c2ccccc12.COC(=O)c1c(C)n(C(C)C2CCNC(C)C2)c2ccccc12.COC(=O)c1c(C)n(C(C)c2ccnc(C)c2)c2ccccc12.Cc1cc(Br)ccn1.Cc1cc(C(C)C)ccn1.Cc1cc([C@H](C)O)ccn1.O=C(C(=O)C(F)F)C(F)F.[O]=[Pt]=[O]. The monoisotopic (exact) mass is 2210 g/mol. The minimum atomic E-state index is -3.64. The average molecular weight is 2210 g/mol. The third kappa shape index (κ3) is 40.7. The number of H-pyrrole nitrogens is 1. The number of alkyl halides is 4. The Labute approximate surface area is 810 Å². The Morgan fingerprint density at radius 3 is 1.30 bits per heavy atom. The summed E-state index contributed by atoms with van der Waals surface area (Å²) in [6.07, 6.45) is 11.6. The summed E-state index contributed by atoms with van der Waals surface area (Å²) in [5, 5.41) is 22.9. The number of ketones is 3. The van der Waals surface area contributed by atoms with Gasteiger partial charge in [-0.25, -0.2) is 31.9 Å². The maximum absolute atomic E-state index is 12.3. The van der Waals surface area contributed by atoms with Crippen LogP contribution in [-0.4, -0.2) is 162 Å². The number of rotatable bonds is 25. The molecule has 0 bridgehead atoms. The number of aliphatic hydroxyl groups excluding tert-OH is 1. The molecular weight excluding hydrogens is 2070 g/mol. The number of unbranched alkanes of at least 4 members (excludes halogenated alkanes) is 3. The molecule has 1 aliphatic rings. The number of pyridine rings is 5. The van der Waals surface area contributed by atoms with E-state index in [0.29, 0.717) is 40.6 Å². The first-order valence-electron chi connectivity index (χ1n) is 44.2. The van der Waals surface area contributed by atoms with Crippen LogP contribution >= 0.6 is 15.9 Å². The molecule has 0 spiro atoms. The van der Waals surface area contributed by atoms with Gasteiger partial charge in [0.2, 0.25) is 0 Å². The fourth-order valence-electron chi connectivity index (χ4n) is 14.9. The van der Waals surface area contributed by atoms with E-state index in [4.69, 9.17) is 40.8 Å². The number of carboxylic acid groups (broad SMARTS) is 1. The molecule has 0 amide bonds. The van der Waals surface area contributed by atoms with Crippen molar-refractivity contribution in [3.8, 4) is 0 Å². The predicted octanol–water partition coefficient (Wildman–Crippen LogP) is 24.8. The Hall–Kier alpha value is -10.3. The summed E-state index contributed by atoms with van der Waals surface area (Å²) in [7, 11) is 4.26. The summed E-state index contributed by atoms with van der Waals surface area (Å²) in [5.74, 6) is -5.03. The van der Waals surface area contributed by atoms with Gasteiger partial charge in [0.1, 0.15) is 0 Å². The molecule has 0 radical (unpaired) electrons. The number of nitrogens with one attached hydrogen (secondary N) is 2. The Kier molecular flexibility index (Phi) is 58.7. The zero-order valence-corrected chi connectivity index (χ0v) is 87.9. The maximum atomic E-state index is 12.3. The average Bonchev–Trinajstić information content (AvgIpc) is 1.61. The zero-order valence-electron chi connectivity index (χ0n) is 81.1. The van der Waals surface area contributed by atoms with E-state index in [-0.39, 0.29) is 43.3 Å². The number of carboxylic acids is 1. The summed E-state index contributed by atoms with van der Waals surface area (Å²) in [6.45, 7) is 46.3. The number of carbonyl (C=O) groups excluding carboxylic acids is 6. The van der Waals surface area contributed by atoms with Crippen LogP contribution in [0, 0.1) is 61.3 Å². The predicted molar refractivity (Wildman–Crippen MR) is 526 cm³/mol. The van der Waals surface area contributed by atoms with Crippen molar-refractivity contribution in [2.45, 2.75) is 254 Å². The van der Waals surface area contributed by atoms with Gasteiger partial charge in [-0.05, 0) is 217 Å². The first kappa shape index (κ1) is 122. The molecule has 0 aliphatic carbocycles. The van der Waals surface area contributed by atoms with E-state index in [2.05, 4.69) is 153 Å². The number of methoxy groups -OCH3 is 3. The quantitative estimate of drug-likeness (QED) is 0.00785. The van der Waals surface area contributed by atoms with Crippen molar-refractivity contribution in [1.29, 1.82) is 0 Å². The molecule has 1 aliphatic heterocycles. The van der Waals surface area contributed by atoms with E-state index in [0.717, 1.165) is 119 Å². The molecule has 12 rings (SSSR count).